The normalized spacial score (nSPS) is 12.6. The van der Waals surface area contributed by atoms with Crippen molar-refractivity contribution in [2.24, 2.45) is 0 Å². The molecule has 0 amide bonds. The SMILES string of the molecule is C1CCCC1.C=CC=C.[CH3][Ge]([Cl])[Cl].[Fe]. The van der Waals surface area contributed by atoms with E-state index >= 15 is 0 Å². The third kappa shape index (κ3) is 38.0. The molecule has 0 aliphatic heterocycles. The molecule has 0 unspecified atom stereocenters. The minimum Gasteiger partial charge on any atom is 0 e. The summed E-state index contributed by atoms with van der Waals surface area (Å²) in [5.74, 6) is 1.86. The van der Waals surface area contributed by atoms with Gasteiger partial charge in [-0.05, 0) is 0 Å². The van der Waals surface area contributed by atoms with E-state index in [9.17, 15) is 0 Å². The Labute approximate surface area is 112 Å². The van der Waals surface area contributed by atoms with Crippen LogP contribution in [0, 0.1) is 0 Å². The van der Waals surface area contributed by atoms with Crippen LogP contribution in [0.1, 0.15) is 32.1 Å². The molecule has 1 radical (unpaired) electrons. The first kappa shape index (κ1) is 20.5. The summed E-state index contributed by atoms with van der Waals surface area (Å²) < 4.78 is 0. The van der Waals surface area contributed by atoms with Crippen molar-refractivity contribution in [3.63, 3.8) is 0 Å². The van der Waals surface area contributed by atoms with Crippen LogP contribution in [0.3, 0.4) is 0 Å². The van der Waals surface area contributed by atoms with Crippen LogP contribution in [-0.4, -0.2) is 12.5 Å². The summed E-state index contributed by atoms with van der Waals surface area (Å²) in [4.78, 5) is 0. The maximum absolute atomic E-state index is 5.21. The summed E-state index contributed by atoms with van der Waals surface area (Å²) in [6.45, 7) is 6.72. The second-order valence-electron chi connectivity index (χ2n) is 2.69. The van der Waals surface area contributed by atoms with Gasteiger partial charge in [0.25, 0.3) is 0 Å². The van der Waals surface area contributed by atoms with Gasteiger partial charge in [-0.25, -0.2) is 0 Å². The molecule has 0 aromatic rings. The van der Waals surface area contributed by atoms with Crippen LogP contribution in [0.2, 0.25) is 5.76 Å². The van der Waals surface area contributed by atoms with Gasteiger partial charge in [-0.3, -0.25) is 0 Å². The van der Waals surface area contributed by atoms with Crippen molar-refractivity contribution in [1.29, 1.82) is 0 Å². The zero-order valence-corrected chi connectivity index (χ0v) is 13.4. The van der Waals surface area contributed by atoms with Gasteiger partial charge in [0.1, 0.15) is 0 Å². The summed E-state index contributed by atoms with van der Waals surface area (Å²) >= 11 is -1.39. The fourth-order valence-electron chi connectivity index (χ4n) is 0.884. The zero-order valence-electron chi connectivity index (χ0n) is 8.71. The Bertz CT molecular complexity index is 98.3. The second kappa shape index (κ2) is 19.7. The molecule has 0 bridgehead atoms. The second-order valence-corrected chi connectivity index (χ2v) is 11.5. The van der Waals surface area contributed by atoms with Gasteiger partial charge in [0.05, 0.1) is 0 Å². The maximum Gasteiger partial charge on any atom is 0 e. The van der Waals surface area contributed by atoms with Gasteiger partial charge in [-0.2, -0.15) is 0 Å². The van der Waals surface area contributed by atoms with E-state index in [1.165, 1.54) is 32.1 Å². The average Bonchev–Trinajstić information content (AvgIpc) is 2.59. The molecule has 0 N–H and O–H groups in total. The Kier molecular flexibility index (Phi) is 28.8. The van der Waals surface area contributed by atoms with Crippen molar-refractivity contribution in [2.45, 2.75) is 37.9 Å². The van der Waals surface area contributed by atoms with Crippen LogP contribution in [-0.2, 0) is 17.1 Å². The predicted octanol–water partition coefficient (Wildman–Crippen LogP) is 4.89. The van der Waals surface area contributed by atoms with Crippen LogP contribution >= 0.6 is 20.0 Å². The van der Waals surface area contributed by atoms with Crippen LogP contribution in [0.25, 0.3) is 0 Å². The Hall–Kier alpha value is 1.12. The van der Waals surface area contributed by atoms with Crippen molar-refractivity contribution in [1.82, 2.24) is 0 Å². The monoisotopic (exact) mass is 339 g/mol. The topological polar surface area (TPSA) is 0 Å². The first-order valence-corrected chi connectivity index (χ1v) is 12.1. The maximum atomic E-state index is 5.21. The summed E-state index contributed by atoms with van der Waals surface area (Å²) in [7, 11) is 10.4. The van der Waals surface area contributed by atoms with Crippen LogP contribution in [0.4, 0.5) is 0 Å². The number of hydrogen-bond acceptors (Lipinski definition) is 0. The number of allylic oxidation sites excluding steroid dienone is 2. The van der Waals surface area contributed by atoms with Gasteiger partial charge in [0.15, 0.2) is 0 Å². The smallest absolute Gasteiger partial charge is 0 e. The van der Waals surface area contributed by atoms with E-state index in [1.807, 2.05) is 5.76 Å². The molecule has 14 heavy (non-hydrogen) atoms. The van der Waals surface area contributed by atoms with E-state index in [1.54, 1.807) is 12.2 Å². The summed E-state index contributed by atoms with van der Waals surface area (Å²) in [6.07, 6.45) is 10.8. The van der Waals surface area contributed by atoms with Crippen molar-refractivity contribution in [3.05, 3.63) is 25.3 Å². The molecule has 85 valence electrons. The molecule has 0 aromatic heterocycles. The molecule has 1 rings (SSSR count). The van der Waals surface area contributed by atoms with Crippen LogP contribution in [0.5, 0.6) is 0 Å². The molecule has 1 saturated carbocycles. The van der Waals surface area contributed by atoms with E-state index in [2.05, 4.69) is 13.2 Å². The largest absolute Gasteiger partial charge is 0 e. The Balaban J connectivity index is -0.000000127. The number of rotatable bonds is 1. The fraction of sp³-hybridized carbons (Fsp3) is 0.600. The van der Waals surface area contributed by atoms with E-state index in [0.29, 0.717) is 0 Å². The van der Waals surface area contributed by atoms with Crippen molar-refractivity contribution >= 4 is 32.5 Å². The van der Waals surface area contributed by atoms with Crippen LogP contribution < -0.4 is 0 Å². The third-order valence-electron chi connectivity index (χ3n) is 1.42. The van der Waals surface area contributed by atoms with Gasteiger partial charge in [-0.15, -0.1) is 0 Å². The first-order chi connectivity index (χ1) is 6.15. The van der Waals surface area contributed by atoms with Gasteiger partial charge < -0.3 is 0 Å². The predicted molar refractivity (Wildman–Crippen MR) is 66.8 cm³/mol. The zero-order chi connectivity index (χ0) is 10.5. The van der Waals surface area contributed by atoms with E-state index in [-0.39, 0.29) is 17.1 Å². The fourth-order valence-corrected chi connectivity index (χ4v) is 0.884. The third-order valence-corrected chi connectivity index (χ3v) is 1.42. The minimum atomic E-state index is -1.39. The number of hydrogen-bond donors (Lipinski definition) is 0. The standard InChI is InChI=1S/C5H10.C4H6.CH3Cl2Ge.Fe/c1-2-4-5-3-1;1-3-4-2;1-4(2)3;/h1-5H2;3-4H,1-2H2;1H3;. The number of halogens is 2. The summed E-state index contributed by atoms with van der Waals surface area (Å²) in [5, 5.41) is 0. The minimum absolute atomic E-state index is 0. The molecule has 0 nitrogen and oxygen atoms in total. The van der Waals surface area contributed by atoms with Crippen molar-refractivity contribution in [2.75, 3.05) is 0 Å². The van der Waals surface area contributed by atoms with E-state index in [0.717, 1.165) is 0 Å². The van der Waals surface area contributed by atoms with Crippen LogP contribution in [0.15, 0.2) is 25.3 Å². The quantitative estimate of drug-likeness (QED) is 0.472. The first-order valence-electron chi connectivity index (χ1n) is 4.53. The molecule has 0 atom stereocenters. The molecule has 0 saturated heterocycles. The van der Waals surface area contributed by atoms with Crippen molar-refractivity contribution < 1.29 is 17.1 Å². The summed E-state index contributed by atoms with van der Waals surface area (Å²) in [5.41, 5.74) is 0. The molecule has 4 heteroatoms. The molecule has 1 aliphatic carbocycles. The summed E-state index contributed by atoms with van der Waals surface area (Å²) in [6, 6.07) is 0. The Morgan fingerprint density at radius 2 is 1.07 bits per heavy atom. The van der Waals surface area contributed by atoms with Crippen molar-refractivity contribution in [3.8, 4) is 0 Å². The van der Waals surface area contributed by atoms with Gasteiger partial charge in [0.2, 0.25) is 0 Å². The van der Waals surface area contributed by atoms with Gasteiger partial charge in [0, 0.05) is 17.1 Å². The Morgan fingerprint density at radius 3 is 1.14 bits per heavy atom. The molecular formula is C10H19Cl2FeGe. The Morgan fingerprint density at radius 1 is 0.929 bits per heavy atom. The van der Waals surface area contributed by atoms with E-state index in [4.69, 9.17) is 20.0 Å². The van der Waals surface area contributed by atoms with E-state index < -0.39 is 12.5 Å². The molecule has 0 spiro atoms. The molecule has 0 heterocycles. The molecular weight excluding hydrogens is 319 g/mol. The van der Waals surface area contributed by atoms with Gasteiger partial charge >= 0.3 is 38.3 Å². The average molecular weight is 339 g/mol. The molecule has 0 aromatic carbocycles. The molecule has 1 aliphatic rings. The van der Waals surface area contributed by atoms with Gasteiger partial charge in [-0.1, -0.05) is 57.4 Å². The molecule has 1 fully saturated rings.